The molecule has 18 nitrogen and oxygen atoms in total. The number of aliphatic hydroxyl groups is 3. The first kappa shape index (κ1) is 36.6. The largest absolute Gasteiger partial charge is 0.480 e. The maximum atomic E-state index is 13.1. The molecule has 1 unspecified atom stereocenters. The van der Waals surface area contributed by atoms with Gasteiger partial charge in [-0.15, -0.1) is 0 Å². The number of carboxylic acid groups (broad SMARTS) is 1. The van der Waals surface area contributed by atoms with Crippen LogP contribution >= 0.6 is 0 Å². The molecular formula is C24H42N6O12. The van der Waals surface area contributed by atoms with Crippen molar-refractivity contribution >= 4 is 35.5 Å². The molecule has 0 aromatic heterocycles. The summed E-state index contributed by atoms with van der Waals surface area (Å²) in [6.07, 6.45) is -7.22. The number of nitrogens with two attached hydrogens (primary N) is 2. The Bertz CT molecular complexity index is 982. The van der Waals surface area contributed by atoms with Crippen LogP contribution in [0.5, 0.6) is 0 Å². The second-order valence-electron chi connectivity index (χ2n) is 10.1. The summed E-state index contributed by atoms with van der Waals surface area (Å²) in [5.41, 5.74) is 10.7. The Labute approximate surface area is 242 Å². The zero-order valence-electron chi connectivity index (χ0n) is 23.9. The Morgan fingerprint density at radius 3 is 2.19 bits per heavy atom. The Morgan fingerprint density at radius 1 is 1.07 bits per heavy atom. The molecule has 0 spiro atoms. The average Bonchev–Trinajstić information content (AvgIpc) is 2.88. The third kappa shape index (κ3) is 11.5. The monoisotopic (exact) mass is 606 g/mol. The summed E-state index contributed by atoms with van der Waals surface area (Å²) in [5.74, 6) is -5.00. The summed E-state index contributed by atoms with van der Waals surface area (Å²) < 4.78 is 10.9. The molecule has 9 atom stereocenters. The summed E-state index contributed by atoms with van der Waals surface area (Å²) in [6.45, 7) is 3.48. The number of nitrogens with one attached hydrogen (secondary N) is 3. The number of carboxylic acids is 1. The number of ether oxygens (including phenoxy) is 2. The topological polar surface area (TPSA) is 293 Å². The van der Waals surface area contributed by atoms with Gasteiger partial charge in [-0.1, -0.05) is 0 Å². The predicted octanol–water partition coefficient (Wildman–Crippen LogP) is -5.15. The maximum absolute atomic E-state index is 13.1. The van der Waals surface area contributed by atoms with Crippen LogP contribution in [0.4, 0.5) is 0 Å². The summed E-state index contributed by atoms with van der Waals surface area (Å²) in [4.78, 5) is 72.9. The van der Waals surface area contributed by atoms with Crippen molar-refractivity contribution < 1.29 is 58.7 Å². The predicted molar refractivity (Wildman–Crippen MR) is 142 cm³/mol. The highest BCUT2D eigenvalue weighted by atomic mass is 16.6. The third-order valence-corrected chi connectivity index (χ3v) is 6.23. The van der Waals surface area contributed by atoms with Crippen LogP contribution in [0.25, 0.3) is 0 Å². The normalized spacial score (nSPS) is 24.8. The molecule has 1 rings (SSSR count). The number of aliphatic hydroxyl groups excluding tert-OH is 3. The molecule has 11 N–H and O–H groups in total. The van der Waals surface area contributed by atoms with Gasteiger partial charge in [-0.2, -0.15) is 0 Å². The van der Waals surface area contributed by atoms with E-state index in [9.17, 15) is 49.2 Å². The second-order valence-corrected chi connectivity index (χ2v) is 10.1. The molecule has 0 bridgehead atoms. The molecule has 0 aliphatic carbocycles. The van der Waals surface area contributed by atoms with E-state index in [1.54, 1.807) is 0 Å². The quantitative estimate of drug-likeness (QED) is 0.0795. The van der Waals surface area contributed by atoms with Crippen molar-refractivity contribution in [1.82, 2.24) is 20.9 Å². The third-order valence-electron chi connectivity index (χ3n) is 6.23. The van der Waals surface area contributed by atoms with Crippen LogP contribution in [-0.4, -0.2) is 135 Å². The number of carbonyl (C=O) groups excluding carboxylic acids is 5. The van der Waals surface area contributed by atoms with Crippen LogP contribution in [0, 0.1) is 0 Å². The smallest absolute Gasteiger partial charge is 0.323 e. The lowest BCUT2D eigenvalue weighted by atomic mass is 9.96. The number of amides is 5. The molecular weight excluding hydrogens is 564 g/mol. The molecule has 42 heavy (non-hydrogen) atoms. The lowest BCUT2D eigenvalue weighted by Gasteiger charge is -2.43. The van der Waals surface area contributed by atoms with Crippen molar-refractivity contribution in [1.29, 1.82) is 0 Å². The Morgan fingerprint density at radius 2 is 1.69 bits per heavy atom. The van der Waals surface area contributed by atoms with Crippen molar-refractivity contribution in [2.45, 2.75) is 95.4 Å². The average molecular weight is 607 g/mol. The van der Waals surface area contributed by atoms with E-state index in [0.29, 0.717) is 0 Å². The molecule has 0 saturated carbocycles. The molecule has 1 heterocycles. The van der Waals surface area contributed by atoms with E-state index in [0.717, 1.165) is 11.8 Å². The lowest BCUT2D eigenvalue weighted by molar-refractivity contribution is -0.268. The zero-order chi connectivity index (χ0) is 32.3. The highest BCUT2D eigenvalue weighted by Crippen LogP contribution is 2.24. The molecule has 1 fully saturated rings. The van der Waals surface area contributed by atoms with Gasteiger partial charge in [0.1, 0.15) is 43.0 Å². The Kier molecular flexibility index (Phi) is 14.7. The van der Waals surface area contributed by atoms with Gasteiger partial charge in [0, 0.05) is 19.9 Å². The molecule has 0 radical (unpaired) electrons. The number of nitrogens with zero attached hydrogens (tertiary/aromatic N) is 1. The van der Waals surface area contributed by atoms with Crippen molar-refractivity contribution in [3.05, 3.63) is 0 Å². The van der Waals surface area contributed by atoms with Crippen LogP contribution in [0.2, 0.25) is 0 Å². The first-order valence-corrected chi connectivity index (χ1v) is 13.2. The van der Waals surface area contributed by atoms with E-state index >= 15 is 0 Å². The number of carbonyl (C=O) groups is 6. The minimum atomic E-state index is -1.65. The number of hydrogen-bond acceptors (Lipinski definition) is 12. The first-order chi connectivity index (χ1) is 19.5. The van der Waals surface area contributed by atoms with E-state index in [1.165, 1.54) is 20.8 Å². The van der Waals surface area contributed by atoms with E-state index < -0.39 is 104 Å². The summed E-state index contributed by atoms with van der Waals surface area (Å²) in [6, 6.07) is -4.59. The number of hydrogen-bond donors (Lipinski definition) is 9. The SMILES string of the molecule is CC(=O)N[C@@H]1[C@@H](OC(C)CN(CC(=O)O)C(=O)[C@H](C)NC(=O)CC[C@@H](NC(=O)[C@H](C)N)C(N)=O)[C@H](O)[C@@H](CO)O[C@@H]1O. The van der Waals surface area contributed by atoms with Crippen LogP contribution in [0.15, 0.2) is 0 Å². The molecule has 1 aliphatic rings. The van der Waals surface area contributed by atoms with Crippen LogP contribution in [-0.2, 0) is 38.2 Å². The fourth-order valence-electron chi connectivity index (χ4n) is 4.17. The van der Waals surface area contributed by atoms with Gasteiger partial charge in [-0.05, 0) is 27.2 Å². The van der Waals surface area contributed by atoms with Crippen LogP contribution < -0.4 is 27.4 Å². The minimum absolute atomic E-state index is 0.187. The molecule has 5 amide bonds. The van der Waals surface area contributed by atoms with Gasteiger partial charge in [0.15, 0.2) is 6.29 Å². The lowest BCUT2D eigenvalue weighted by Crippen LogP contribution is -2.65. The highest BCUT2D eigenvalue weighted by molar-refractivity contribution is 5.91. The number of aliphatic carboxylic acids is 1. The second kappa shape index (κ2) is 16.9. The standard InChI is InChI=1S/C24H42N6O12/c1-10(41-20-18(28-13(4)32)24(40)42-15(9-31)19(20)36)7-30(8-17(34)35)23(39)12(3)27-16(33)6-5-14(21(26)37)29-22(38)11(2)25/h10-12,14-15,18-20,24,31,36,40H,5-9,25H2,1-4H3,(H2,26,37)(H,27,33)(H,28,32)(H,29,38)(H,34,35)/t10?,11-,12-,14+,15+,18+,19+,20+,24-/m0/s1. The van der Waals surface area contributed by atoms with E-state index in [4.69, 9.17) is 20.9 Å². The first-order valence-electron chi connectivity index (χ1n) is 13.2. The van der Waals surface area contributed by atoms with Gasteiger partial charge < -0.3 is 62.2 Å². The fourth-order valence-corrected chi connectivity index (χ4v) is 4.17. The van der Waals surface area contributed by atoms with E-state index in [-0.39, 0.29) is 19.4 Å². The number of rotatable bonds is 16. The van der Waals surface area contributed by atoms with E-state index in [2.05, 4.69) is 16.0 Å². The van der Waals surface area contributed by atoms with Gasteiger partial charge in [-0.3, -0.25) is 28.8 Å². The van der Waals surface area contributed by atoms with Gasteiger partial charge in [-0.25, -0.2) is 0 Å². The molecule has 0 aromatic rings. The molecule has 0 aromatic carbocycles. The van der Waals surface area contributed by atoms with Crippen molar-refractivity contribution in [2.24, 2.45) is 11.5 Å². The van der Waals surface area contributed by atoms with Crippen LogP contribution in [0.3, 0.4) is 0 Å². The minimum Gasteiger partial charge on any atom is -0.480 e. The summed E-state index contributed by atoms with van der Waals surface area (Å²) in [7, 11) is 0. The van der Waals surface area contributed by atoms with Crippen molar-refractivity contribution in [3.8, 4) is 0 Å². The van der Waals surface area contributed by atoms with E-state index in [1.807, 2.05) is 0 Å². The molecule has 1 saturated heterocycles. The molecule has 240 valence electrons. The highest BCUT2D eigenvalue weighted by Gasteiger charge is 2.46. The van der Waals surface area contributed by atoms with Crippen molar-refractivity contribution in [2.75, 3.05) is 19.7 Å². The molecule has 1 aliphatic heterocycles. The van der Waals surface area contributed by atoms with Gasteiger partial charge >= 0.3 is 5.97 Å². The Hall–Kier alpha value is -3.42. The molecule has 18 heteroatoms. The summed E-state index contributed by atoms with van der Waals surface area (Å²) >= 11 is 0. The Balaban J connectivity index is 2.91. The van der Waals surface area contributed by atoms with Gasteiger partial charge in [0.25, 0.3) is 0 Å². The van der Waals surface area contributed by atoms with Gasteiger partial charge in [0.2, 0.25) is 29.5 Å². The van der Waals surface area contributed by atoms with Crippen LogP contribution in [0.1, 0.15) is 40.5 Å². The summed E-state index contributed by atoms with van der Waals surface area (Å²) in [5, 5.41) is 46.8. The maximum Gasteiger partial charge on any atom is 0.323 e. The van der Waals surface area contributed by atoms with Crippen molar-refractivity contribution in [3.63, 3.8) is 0 Å². The van der Waals surface area contributed by atoms with Gasteiger partial charge in [0.05, 0.1) is 18.8 Å². The number of primary amides is 1. The fraction of sp³-hybridized carbons (Fsp3) is 0.750. The zero-order valence-corrected chi connectivity index (χ0v) is 23.9.